The van der Waals surface area contributed by atoms with Gasteiger partial charge in [-0.15, -0.1) is 0 Å². The predicted octanol–water partition coefficient (Wildman–Crippen LogP) is 4.16. The van der Waals surface area contributed by atoms with Crippen molar-refractivity contribution in [3.05, 3.63) is 57.7 Å². The molecular formula is C17H18BrNO3. The van der Waals surface area contributed by atoms with E-state index in [0.29, 0.717) is 23.6 Å². The number of benzene rings is 1. The Morgan fingerprint density at radius 3 is 2.59 bits per heavy atom. The summed E-state index contributed by atoms with van der Waals surface area (Å²) in [5.41, 5.74) is 2.23. The number of pyridine rings is 1. The summed E-state index contributed by atoms with van der Waals surface area (Å²) in [6.45, 7) is 4.50. The Kier molecular flexibility index (Phi) is 5.95. The third-order valence-electron chi connectivity index (χ3n) is 3.08. The Bertz CT molecular complexity index is 644. The fourth-order valence-electron chi connectivity index (χ4n) is 1.96. The molecule has 22 heavy (non-hydrogen) atoms. The summed E-state index contributed by atoms with van der Waals surface area (Å²) in [6, 6.07) is 11.7. The molecule has 0 bridgehead atoms. The van der Waals surface area contributed by atoms with Gasteiger partial charge in [0.2, 0.25) is 5.88 Å². The van der Waals surface area contributed by atoms with E-state index in [2.05, 4.69) is 20.9 Å². The molecule has 0 aliphatic rings. The summed E-state index contributed by atoms with van der Waals surface area (Å²) in [5, 5.41) is 0. The monoisotopic (exact) mass is 363 g/mol. The number of halogens is 1. The number of ether oxygens (including phenoxy) is 2. The van der Waals surface area contributed by atoms with Crippen LogP contribution in [0, 0.1) is 0 Å². The standard InChI is InChI=1S/C17H18BrNO3/c1-3-13-10-14(18)15(17(20)21-4-2)19-16(13)22-11-12-8-6-5-7-9-12/h5-10H,3-4,11H2,1-2H3. The van der Waals surface area contributed by atoms with Gasteiger partial charge in [-0.1, -0.05) is 37.3 Å². The van der Waals surface area contributed by atoms with Crippen LogP contribution >= 0.6 is 15.9 Å². The van der Waals surface area contributed by atoms with Crippen LogP contribution in [-0.2, 0) is 17.8 Å². The van der Waals surface area contributed by atoms with Gasteiger partial charge in [0, 0.05) is 5.56 Å². The van der Waals surface area contributed by atoms with E-state index in [1.165, 1.54) is 0 Å². The van der Waals surface area contributed by atoms with Crippen LogP contribution in [0.1, 0.15) is 35.5 Å². The minimum Gasteiger partial charge on any atom is -0.473 e. The Labute approximate surface area is 138 Å². The number of hydrogen-bond donors (Lipinski definition) is 0. The number of rotatable bonds is 6. The van der Waals surface area contributed by atoms with Crippen molar-refractivity contribution in [1.82, 2.24) is 4.98 Å². The number of aromatic nitrogens is 1. The summed E-state index contributed by atoms with van der Waals surface area (Å²) in [6.07, 6.45) is 0.763. The minimum absolute atomic E-state index is 0.238. The molecule has 1 aromatic heterocycles. The van der Waals surface area contributed by atoms with E-state index in [-0.39, 0.29) is 5.69 Å². The van der Waals surface area contributed by atoms with Crippen LogP contribution < -0.4 is 4.74 Å². The molecule has 0 aliphatic carbocycles. The van der Waals surface area contributed by atoms with Gasteiger partial charge in [0.05, 0.1) is 11.1 Å². The first-order chi connectivity index (χ1) is 10.7. The van der Waals surface area contributed by atoms with Crippen LogP contribution in [0.25, 0.3) is 0 Å². The first-order valence-electron chi connectivity index (χ1n) is 7.19. The van der Waals surface area contributed by atoms with Crippen LogP contribution in [-0.4, -0.2) is 17.6 Å². The molecule has 4 nitrogen and oxygen atoms in total. The van der Waals surface area contributed by atoms with Gasteiger partial charge in [-0.25, -0.2) is 9.78 Å². The Balaban J connectivity index is 2.24. The highest BCUT2D eigenvalue weighted by Crippen LogP contribution is 2.26. The molecule has 0 N–H and O–H groups in total. The average molecular weight is 364 g/mol. The van der Waals surface area contributed by atoms with E-state index < -0.39 is 5.97 Å². The van der Waals surface area contributed by atoms with Gasteiger partial charge in [0.15, 0.2) is 5.69 Å². The van der Waals surface area contributed by atoms with E-state index in [1.807, 2.05) is 43.3 Å². The van der Waals surface area contributed by atoms with Gasteiger partial charge in [-0.2, -0.15) is 0 Å². The zero-order valence-electron chi connectivity index (χ0n) is 12.6. The van der Waals surface area contributed by atoms with Crippen LogP contribution in [0.4, 0.5) is 0 Å². The van der Waals surface area contributed by atoms with Crippen LogP contribution in [0.2, 0.25) is 0 Å². The lowest BCUT2D eigenvalue weighted by atomic mass is 10.2. The summed E-state index contributed by atoms with van der Waals surface area (Å²) < 4.78 is 11.4. The molecule has 0 atom stereocenters. The van der Waals surface area contributed by atoms with Crippen molar-refractivity contribution in [3.63, 3.8) is 0 Å². The third-order valence-corrected chi connectivity index (χ3v) is 3.69. The zero-order valence-corrected chi connectivity index (χ0v) is 14.2. The highest BCUT2D eigenvalue weighted by molar-refractivity contribution is 9.10. The molecule has 2 aromatic rings. The third kappa shape index (κ3) is 4.07. The van der Waals surface area contributed by atoms with Crippen molar-refractivity contribution in [2.75, 3.05) is 6.61 Å². The van der Waals surface area contributed by atoms with Gasteiger partial charge in [-0.3, -0.25) is 0 Å². The Hall–Kier alpha value is -1.88. The van der Waals surface area contributed by atoms with E-state index in [0.717, 1.165) is 17.5 Å². The Morgan fingerprint density at radius 2 is 1.95 bits per heavy atom. The first kappa shape index (κ1) is 16.5. The molecule has 0 unspecified atom stereocenters. The van der Waals surface area contributed by atoms with E-state index in [9.17, 15) is 4.79 Å². The maximum Gasteiger partial charge on any atom is 0.358 e. The van der Waals surface area contributed by atoms with Crippen molar-refractivity contribution in [1.29, 1.82) is 0 Å². The highest BCUT2D eigenvalue weighted by atomic mass is 79.9. The van der Waals surface area contributed by atoms with Gasteiger partial charge in [0.1, 0.15) is 6.61 Å². The molecule has 0 aliphatic heterocycles. The smallest absolute Gasteiger partial charge is 0.358 e. The second-order valence-corrected chi connectivity index (χ2v) is 5.49. The molecule has 0 saturated carbocycles. The lowest BCUT2D eigenvalue weighted by Crippen LogP contribution is -2.11. The first-order valence-corrected chi connectivity index (χ1v) is 7.98. The summed E-state index contributed by atoms with van der Waals surface area (Å²) in [7, 11) is 0. The predicted molar refractivity (Wildman–Crippen MR) is 88.0 cm³/mol. The fourth-order valence-corrected chi connectivity index (χ4v) is 2.48. The van der Waals surface area contributed by atoms with Gasteiger partial charge in [-0.05, 0) is 40.9 Å². The van der Waals surface area contributed by atoms with Crippen molar-refractivity contribution < 1.29 is 14.3 Å². The van der Waals surface area contributed by atoms with Crippen molar-refractivity contribution in [3.8, 4) is 5.88 Å². The molecule has 0 radical (unpaired) electrons. The highest BCUT2D eigenvalue weighted by Gasteiger charge is 2.17. The SMILES string of the molecule is CCOC(=O)c1nc(OCc2ccccc2)c(CC)cc1Br. The molecule has 1 aromatic carbocycles. The van der Waals surface area contributed by atoms with Gasteiger partial charge >= 0.3 is 5.97 Å². The van der Waals surface area contributed by atoms with E-state index >= 15 is 0 Å². The maximum atomic E-state index is 11.9. The van der Waals surface area contributed by atoms with Crippen molar-refractivity contribution >= 4 is 21.9 Å². The molecule has 1 heterocycles. The second-order valence-electron chi connectivity index (χ2n) is 4.63. The normalized spacial score (nSPS) is 10.3. The lowest BCUT2D eigenvalue weighted by Gasteiger charge is -2.12. The average Bonchev–Trinajstić information content (AvgIpc) is 2.54. The van der Waals surface area contributed by atoms with E-state index in [1.54, 1.807) is 6.92 Å². The molecule has 0 saturated heterocycles. The quantitative estimate of drug-likeness (QED) is 0.722. The summed E-state index contributed by atoms with van der Waals surface area (Å²) >= 11 is 3.37. The number of esters is 1. The van der Waals surface area contributed by atoms with Gasteiger partial charge < -0.3 is 9.47 Å². The fraction of sp³-hybridized carbons (Fsp3) is 0.294. The molecule has 0 spiro atoms. The topological polar surface area (TPSA) is 48.4 Å². The van der Waals surface area contributed by atoms with Gasteiger partial charge in [0.25, 0.3) is 0 Å². The zero-order chi connectivity index (χ0) is 15.9. The Morgan fingerprint density at radius 1 is 1.23 bits per heavy atom. The van der Waals surface area contributed by atoms with Crippen LogP contribution in [0.5, 0.6) is 5.88 Å². The number of nitrogens with zero attached hydrogens (tertiary/aromatic N) is 1. The summed E-state index contributed by atoms with van der Waals surface area (Å²) in [5.74, 6) is 0.0131. The lowest BCUT2D eigenvalue weighted by molar-refractivity contribution is 0.0517. The number of carbonyl (C=O) groups is 1. The molecule has 5 heteroatoms. The number of carbonyl (C=O) groups excluding carboxylic acids is 1. The maximum absolute atomic E-state index is 11.9. The molecule has 0 amide bonds. The number of aryl methyl sites for hydroxylation is 1. The summed E-state index contributed by atoms with van der Waals surface area (Å²) in [4.78, 5) is 16.3. The molecule has 116 valence electrons. The number of hydrogen-bond acceptors (Lipinski definition) is 4. The second kappa shape index (κ2) is 7.94. The molecular weight excluding hydrogens is 346 g/mol. The minimum atomic E-state index is -0.457. The van der Waals surface area contributed by atoms with E-state index in [4.69, 9.17) is 9.47 Å². The van der Waals surface area contributed by atoms with Crippen molar-refractivity contribution in [2.45, 2.75) is 26.9 Å². The largest absolute Gasteiger partial charge is 0.473 e. The molecule has 0 fully saturated rings. The van der Waals surface area contributed by atoms with Crippen LogP contribution in [0.15, 0.2) is 40.9 Å². The van der Waals surface area contributed by atoms with Crippen molar-refractivity contribution in [2.24, 2.45) is 0 Å². The van der Waals surface area contributed by atoms with Crippen LogP contribution in [0.3, 0.4) is 0 Å². The molecule has 2 rings (SSSR count).